The molecule has 5 heteroatoms. The van der Waals surface area contributed by atoms with Gasteiger partial charge in [-0.1, -0.05) is 0 Å². The van der Waals surface area contributed by atoms with Crippen molar-refractivity contribution in [3.63, 3.8) is 0 Å². The zero-order valence-corrected chi connectivity index (χ0v) is 12.9. The van der Waals surface area contributed by atoms with Gasteiger partial charge in [-0.2, -0.15) is 0 Å². The number of imidazole rings is 1. The molecule has 0 N–H and O–H groups in total. The highest BCUT2D eigenvalue weighted by Gasteiger charge is 2.21. The fourth-order valence-corrected chi connectivity index (χ4v) is 2.68. The lowest BCUT2D eigenvalue weighted by molar-refractivity contribution is 0.119. The second-order valence-electron chi connectivity index (χ2n) is 5.74. The molecule has 0 aliphatic heterocycles. The molecule has 0 amide bonds. The van der Waals surface area contributed by atoms with E-state index < -0.39 is 0 Å². The number of hydrogen-bond donors (Lipinski definition) is 0. The average Bonchev–Trinajstić information content (AvgIpc) is 3.20. The van der Waals surface area contributed by atoms with Crippen molar-refractivity contribution in [2.45, 2.75) is 38.1 Å². The van der Waals surface area contributed by atoms with E-state index in [1.165, 1.54) is 25.0 Å². The van der Waals surface area contributed by atoms with Crippen LogP contribution in [-0.4, -0.2) is 22.8 Å². The summed E-state index contributed by atoms with van der Waals surface area (Å²) in [6.07, 6.45) is 3.49. The van der Waals surface area contributed by atoms with Gasteiger partial charge in [-0.25, -0.2) is 9.37 Å². The largest absolute Gasteiger partial charge is 0.381 e. The van der Waals surface area contributed by atoms with Gasteiger partial charge in [-0.05, 0) is 50.3 Å². The third-order valence-corrected chi connectivity index (χ3v) is 4.01. The SMILES string of the molecule is CC(Cl)c1nc2ccc(F)cc2n1CCCOCC1CC1. The number of aryl methyl sites for hydroxylation is 1. The van der Waals surface area contributed by atoms with E-state index in [1.54, 1.807) is 6.07 Å². The predicted molar refractivity (Wildman–Crippen MR) is 82.1 cm³/mol. The van der Waals surface area contributed by atoms with Gasteiger partial charge in [0, 0.05) is 19.8 Å². The summed E-state index contributed by atoms with van der Waals surface area (Å²) in [5.41, 5.74) is 1.59. The van der Waals surface area contributed by atoms with Crippen LogP contribution in [0.5, 0.6) is 0 Å². The Morgan fingerprint density at radius 2 is 2.29 bits per heavy atom. The van der Waals surface area contributed by atoms with E-state index in [1.807, 2.05) is 11.5 Å². The fraction of sp³-hybridized carbons (Fsp3) is 0.562. The summed E-state index contributed by atoms with van der Waals surface area (Å²) in [4.78, 5) is 4.51. The minimum Gasteiger partial charge on any atom is -0.381 e. The first-order valence-electron chi connectivity index (χ1n) is 7.52. The summed E-state index contributed by atoms with van der Waals surface area (Å²) in [7, 11) is 0. The molecule has 1 aromatic carbocycles. The second kappa shape index (κ2) is 6.32. The van der Waals surface area contributed by atoms with Crippen molar-refractivity contribution in [2.24, 2.45) is 5.92 Å². The summed E-state index contributed by atoms with van der Waals surface area (Å²) in [6.45, 7) is 4.23. The number of benzene rings is 1. The van der Waals surface area contributed by atoms with Crippen LogP contribution in [0.3, 0.4) is 0 Å². The Balaban J connectivity index is 1.71. The Morgan fingerprint density at radius 3 is 3.00 bits per heavy atom. The molecular formula is C16H20ClFN2O. The molecule has 1 heterocycles. The predicted octanol–water partition coefficient (Wildman–Crippen LogP) is 4.29. The number of hydrogen-bond acceptors (Lipinski definition) is 2. The van der Waals surface area contributed by atoms with Crippen molar-refractivity contribution >= 4 is 22.6 Å². The summed E-state index contributed by atoms with van der Waals surface area (Å²) >= 11 is 6.20. The molecule has 1 saturated carbocycles. The van der Waals surface area contributed by atoms with Gasteiger partial charge in [0.2, 0.25) is 0 Å². The maximum absolute atomic E-state index is 13.5. The number of rotatable bonds is 7. The van der Waals surface area contributed by atoms with Crippen molar-refractivity contribution in [1.82, 2.24) is 9.55 Å². The Hall–Kier alpha value is -1.13. The molecule has 0 spiro atoms. The summed E-state index contributed by atoms with van der Waals surface area (Å²) in [5.74, 6) is 1.33. The van der Waals surface area contributed by atoms with Crippen LogP contribution in [0, 0.1) is 11.7 Å². The van der Waals surface area contributed by atoms with Crippen molar-refractivity contribution < 1.29 is 9.13 Å². The van der Waals surface area contributed by atoms with Crippen molar-refractivity contribution in [2.75, 3.05) is 13.2 Å². The van der Waals surface area contributed by atoms with Crippen LogP contribution < -0.4 is 0 Å². The lowest BCUT2D eigenvalue weighted by Gasteiger charge is -2.10. The molecule has 1 fully saturated rings. The Labute approximate surface area is 129 Å². The van der Waals surface area contributed by atoms with Crippen LogP contribution >= 0.6 is 11.6 Å². The van der Waals surface area contributed by atoms with Crippen LogP contribution in [0.2, 0.25) is 0 Å². The normalized spacial score (nSPS) is 16.5. The van der Waals surface area contributed by atoms with Crippen molar-refractivity contribution in [3.05, 3.63) is 29.8 Å². The maximum atomic E-state index is 13.5. The van der Waals surface area contributed by atoms with Crippen LogP contribution in [0.1, 0.15) is 37.4 Å². The third-order valence-electron chi connectivity index (χ3n) is 3.82. The molecular weight excluding hydrogens is 291 g/mol. The molecule has 3 rings (SSSR count). The van der Waals surface area contributed by atoms with Crippen molar-refractivity contribution in [3.8, 4) is 0 Å². The molecule has 2 aromatic rings. The molecule has 21 heavy (non-hydrogen) atoms. The first kappa shape index (κ1) is 14.8. The van der Waals surface area contributed by atoms with Gasteiger partial charge in [-0.3, -0.25) is 0 Å². The van der Waals surface area contributed by atoms with Gasteiger partial charge >= 0.3 is 0 Å². The van der Waals surface area contributed by atoms with E-state index >= 15 is 0 Å². The lowest BCUT2D eigenvalue weighted by Crippen LogP contribution is -2.08. The van der Waals surface area contributed by atoms with Crippen LogP contribution in [0.15, 0.2) is 18.2 Å². The van der Waals surface area contributed by atoms with E-state index in [-0.39, 0.29) is 11.2 Å². The highest BCUT2D eigenvalue weighted by atomic mass is 35.5. The minimum absolute atomic E-state index is 0.201. The number of nitrogens with zero attached hydrogens (tertiary/aromatic N) is 2. The molecule has 1 atom stereocenters. The van der Waals surface area contributed by atoms with E-state index in [0.29, 0.717) is 0 Å². The molecule has 0 radical (unpaired) electrons. The molecule has 0 bridgehead atoms. The van der Waals surface area contributed by atoms with Crippen LogP contribution in [0.4, 0.5) is 4.39 Å². The van der Waals surface area contributed by atoms with Crippen LogP contribution in [0.25, 0.3) is 11.0 Å². The molecule has 1 unspecified atom stereocenters. The number of fused-ring (bicyclic) bond motifs is 1. The Kier molecular flexibility index (Phi) is 4.45. The van der Waals surface area contributed by atoms with Gasteiger partial charge in [-0.15, -0.1) is 11.6 Å². The smallest absolute Gasteiger partial charge is 0.127 e. The fourth-order valence-electron chi connectivity index (χ4n) is 2.51. The van der Waals surface area contributed by atoms with Crippen LogP contribution in [-0.2, 0) is 11.3 Å². The van der Waals surface area contributed by atoms with E-state index in [9.17, 15) is 4.39 Å². The summed E-state index contributed by atoms with van der Waals surface area (Å²) in [5, 5.41) is -0.201. The quantitative estimate of drug-likeness (QED) is 0.563. The molecule has 1 aliphatic carbocycles. The van der Waals surface area contributed by atoms with Gasteiger partial charge in [0.1, 0.15) is 11.6 Å². The Bertz CT molecular complexity index is 622. The molecule has 3 nitrogen and oxygen atoms in total. The second-order valence-corrected chi connectivity index (χ2v) is 6.40. The highest BCUT2D eigenvalue weighted by molar-refractivity contribution is 6.20. The van der Waals surface area contributed by atoms with Gasteiger partial charge in [0.25, 0.3) is 0 Å². The van der Waals surface area contributed by atoms with Gasteiger partial charge < -0.3 is 9.30 Å². The van der Waals surface area contributed by atoms with E-state index in [2.05, 4.69) is 4.98 Å². The molecule has 1 aromatic heterocycles. The topological polar surface area (TPSA) is 27.1 Å². The number of halogens is 2. The number of alkyl halides is 1. The van der Waals surface area contributed by atoms with E-state index in [0.717, 1.165) is 49.0 Å². The van der Waals surface area contributed by atoms with Gasteiger partial charge in [0.05, 0.1) is 16.4 Å². The number of ether oxygens (including phenoxy) is 1. The first-order valence-corrected chi connectivity index (χ1v) is 7.96. The zero-order chi connectivity index (χ0) is 14.8. The standard InChI is InChI=1S/C16H20ClFN2O/c1-11(17)16-19-14-6-5-13(18)9-15(14)20(16)7-2-8-21-10-12-3-4-12/h5-6,9,11-12H,2-4,7-8,10H2,1H3. The lowest BCUT2D eigenvalue weighted by atomic mass is 10.3. The Morgan fingerprint density at radius 1 is 1.48 bits per heavy atom. The first-order chi connectivity index (χ1) is 10.1. The van der Waals surface area contributed by atoms with Crippen molar-refractivity contribution in [1.29, 1.82) is 0 Å². The molecule has 114 valence electrons. The molecule has 1 aliphatic rings. The third kappa shape index (κ3) is 3.55. The molecule has 0 saturated heterocycles. The monoisotopic (exact) mass is 310 g/mol. The maximum Gasteiger partial charge on any atom is 0.127 e. The minimum atomic E-state index is -0.248. The number of aromatic nitrogens is 2. The van der Waals surface area contributed by atoms with E-state index in [4.69, 9.17) is 16.3 Å². The summed E-state index contributed by atoms with van der Waals surface area (Å²) in [6, 6.07) is 4.66. The summed E-state index contributed by atoms with van der Waals surface area (Å²) < 4.78 is 21.1. The van der Waals surface area contributed by atoms with Gasteiger partial charge in [0.15, 0.2) is 0 Å². The highest BCUT2D eigenvalue weighted by Crippen LogP contribution is 2.29. The zero-order valence-electron chi connectivity index (χ0n) is 12.2. The average molecular weight is 311 g/mol.